The third kappa shape index (κ3) is 3.66. The molecule has 0 aliphatic rings. The van der Waals surface area contributed by atoms with E-state index in [0.29, 0.717) is 12.5 Å². The molecule has 1 N–H and O–H groups in total. The summed E-state index contributed by atoms with van der Waals surface area (Å²) in [5.74, 6) is 0.653. The van der Waals surface area contributed by atoms with Crippen LogP contribution >= 0.6 is 0 Å². The molecule has 0 spiro atoms. The zero-order chi connectivity index (χ0) is 17.8. The Hall–Kier alpha value is -2.81. The van der Waals surface area contributed by atoms with E-state index in [4.69, 9.17) is 4.74 Å². The minimum absolute atomic E-state index is 0.499. The van der Waals surface area contributed by atoms with Gasteiger partial charge in [0.05, 0.1) is 0 Å². The quantitative estimate of drug-likeness (QED) is 0.689. The number of nitrogens with zero attached hydrogens (tertiary/aromatic N) is 1. The van der Waals surface area contributed by atoms with Gasteiger partial charge in [-0.15, -0.1) is 0 Å². The van der Waals surface area contributed by atoms with E-state index < -0.39 is 0 Å². The lowest BCUT2D eigenvalue weighted by atomic mass is 10.00. The van der Waals surface area contributed by atoms with Crippen LogP contribution < -0.4 is 10.1 Å². The van der Waals surface area contributed by atoms with Gasteiger partial charge in [-0.2, -0.15) is 0 Å². The summed E-state index contributed by atoms with van der Waals surface area (Å²) in [5, 5.41) is 3.22. The van der Waals surface area contributed by atoms with Crippen molar-refractivity contribution >= 4 is 5.69 Å². The van der Waals surface area contributed by atoms with Gasteiger partial charge < -0.3 is 10.1 Å². The first kappa shape index (κ1) is 17.0. The predicted molar refractivity (Wildman–Crippen MR) is 104 cm³/mol. The summed E-state index contributed by atoms with van der Waals surface area (Å²) in [4.78, 5) is 4.65. The molecule has 3 aromatic rings. The molecule has 1 heterocycles. The van der Waals surface area contributed by atoms with Crippen LogP contribution in [-0.4, -0.2) is 12.0 Å². The zero-order valence-electron chi connectivity index (χ0n) is 15.3. The first-order chi connectivity index (χ1) is 12.1. The van der Waals surface area contributed by atoms with Crippen molar-refractivity contribution < 1.29 is 4.74 Å². The molecule has 2 aromatic carbocycles. The second-order valence-electron chi connectivity index (χ2n) is 6.24. The molecule has 0 bridgehead atoms. The highest BCUT2D eigenvalue weighted by Gasteiger charge is 2.09. The first-order valence-electron chi connectivity index (χ1n) is 8.53. The van der Waals surface area contributed by atoms with Crippen molar-refractivity contribution in [3.63, 3.8) is 0 Å². The Morgan fingerprint density at radius 3 is 2.32 bits per heavy atom. The Bertz CT molecular complexity index is 887. The van der Waals surface area contributed by atoms with Gasteiger partial charge in [-0.25, -0.2) is 4.98 Å². The van der Waals surface area contributed by atoms with Gasteiger partial charge in [-0.1, -0.05) is 36.4 Å². The van der Waals surface area contributed by atoms with Gasteiger partial charge >= 0.3 is 0 Å². The highest BCUT2D eigenvalue weighted by atomic mass is 16.5. The van der Waals surface area contributed by atoms with Crippen LogP contribution in [-0.2, 0) is 6.61 Å². The second kappa shape index (κ2) is 7.39. The fourth-order valence-electron chi connectivity index (χ4n) is 3.05. The normalized spacial score (nSPS) is 10.6. The van der Waals surface area contributed by atoms with Crippen LogP contribution in [0.2, 0.25) is 0 Å². The highest BCUT2D eigenvalue weighted by Crippen LogP contribution is 2.28. The van der Waals surface area contributed by atoms with Crippen LogP contribution in [0.25, 0.3) is 11.1 Å². The second-order valence-corrected chi connectivity index (χ2v) is 6.24. The largest absolute Gasteiger partial charge is 0.473 e. The SMILES string of the molecule is CNc1cccc(C)c1COc1ccc(-c2ccccc2C)c(C)n1. The van der Waals surface area contributed by atoms with E-state index in [1.54, 1.807) is 0 Å². The Morgan fingerprint density at radius 2 is 1.60 bits per heavy atom. The molecule has 0 saturated carbocycles. The van der Waals surface area contributed by atoms with Gasteiger partial charge in [-0.3, -0.25) is 0 Å². The number of ether oxygens (including phenoxy) is 1. The minimum Gasteiger partial charge on any atom is -0.473 e. The van der Waals surface area contributed by atoms with E-state index in [0.717, 1.165) is 22.5 Å². The molecule has 0 fully saturated rings. The highest BCUT2D eigenvalue weighted by molar-refractivity contribution is 5.69. The number of aryl methyl sites for hydroxylation is 3. The third-order valence-corrected chi connectivity index (χ3v) is 4.54. The third-order valence-electron chi connectivity index (χ3n) is 4.54. The van der Waals surface area contributed by atoms with Gasteiger partial charge in [0.2, 0.25) is 5.88 Å². The van der Waals surface area contributed by atoms with Crippen LogP contribution in [0.15, 0.2) is 54.6 Å². The monoisotopic (exact) mass is 332 g/mol. The molecular weight excluding hydrogens is 308 g/mol. The number of aromatic nitrogens is 1. The smallest absolute Gasteiger partial charge is 0.213 e. The van der Waals surface area contributed by atoms with E-state index in [-0.39, 0.29) is 0 Å². The Balaban J connectivity index is 1.82. The summed E-state index contributed by atoms with van der Waals surface area (Å²) in [5.41, 5.74) is 8.05. The molecule has 0 aliphatic heterocycles. The number of rotatable bonds is 5. The first-order valence-corrected chi connectivity index (χ1v) is 8.53. The van der Waals surface area contributed by atoms with Gasteiger partial charge in [0.1, 0.15) is 6.61 Å². The maximum Gasteiger partial charge on any atom is 0.213 e. The van der Waals surface area contributed by atoms with Crippen LogP contribution in [0.5, 0.6) is 5.88 Å². The summed E-state index contributed by atoms with van der Waals surface area (Å²) >= 11 is 0. The Kier molecular flexibility index (Phi) is 5.03. The van der Waals surface area contributed by atoms with Crippen molar-refractivity contribution in [3.8, 4) is 17.0 Å². The van der Waals surface area contributed by atoms with E-state index in [1.807, 2.05) is 26.1 Å². The van der Waals surface area contributed by atoms with E-state index >= 15 is 0 Å². The van der Waals surface area contributed by atoms with E-state index in [9.17, 15) is 0 Å². The number of pyridine rings is 1. The summed E-state index contributed by atoms with van der Waals surface area (Å²) in [6, 6.07) is 18.6. The number of hydrogen-bond donors (Lipinski definition) is 1. The average Bonchev–Trinajstić information content (AvgIpc) is 2.61. The maximum absolute atomic E-state index is 5.97. The van der Waals surface area contributed by atoms with Gasteiger partial charge in [0.15, 0.2) is 0 Å². The number of benzene rings is 2. The summed E-state index contributed by atoms with van der Waals surface area (Å²) in [6.07, 6.45) is 0. The molecule has 0 radical (unpaired) electrons. The van der Waals surface area contributed by atoms with Crippen molar-refractivity contribution in [3.05, 3.63) is 77.0 Å². The Morgan fingerprint density at radius 1 is 0.840 bits per heavy atom. The fourth-order valence-corrected chi connectivity index (χ4v) is 3.05. The van der Waals surface area contributed by atoms with Crippen LogP contribution in [0, 0.1) is 20.8 Å². The van der Waals surface area contributed by atoms with Gasteiger partial charge in [0, 0.05) is 35.6 Å². The molecule has 3 rings (SSSR count). The molecule has 0 amide bonds. The molecule has 0 saturated heterocycles. The van der Waals surface area contributed by atoms with Gasteiger partial charge in [0.25, 0.3) is 0 Å². The van der Waals surface area contributed by atoms with Crippen LogP contribution in [0.1, 0.15) is 22.4 Å². The van der Waals surface area contributed by atoms with E-state index in [1.165, 1.54) is 16.7 Å². The molecule has 128 valence electrons. The number of anilines is 1. The number of nitrogens with one attached hydrogen (secondary N) is 1. The minimum atomic E-state index is 0.499. The molecular formula is C22H24N2O. The predicted octanol–water partition coefficient (Wildman–Crippen LogP) is 5.29. The van der Waals surface area contributed by atoms with Gasteiger partial charge in [-0.05, 0) is 49.6 Å². The molecule has 3 nitrogen and oxygen atoms in total. The standard InChI is InChI=1S/C22H24N2O/c1-15-8-5-6-10-18(15)19-12-13-22(24-17(19)3)25-14-20-16(2)9-7-11-21(20)23-4/h5-13,23H,14H2,1-4H3. The maximum atomic E-state index is 5.97. The molecule has 0 unspecified atom stereocenters. The van der Waals surface area contributed by atoms with Crippen LogP contribution in [0.4, 0.5) is 5.69 Å². The molecule has 0 aliphatic carbocycles. The van der Waals surface area contributed by atoms with Crippen molar-refractivity contribution in [1.82, 2.24) is 4.98 Å². The molecule has 25 heavy (non-hydrogen) atoms. The van der Waals surface area contributed by atoms with Crippen molar-refractivity contribution in [2.75, 3.05) is 12.4 Å². The molecule has 0 atom stereocenters. The fraction of sp³-hybridized carbons (Fsp3) is 0.227. The lowest BCUT2D eigenvalue weighted by molar-refractivity contribution is 0.293. The number of hydrogen-bond acceptors (Lipinski definition) is 3. The molecule has 3 heteroatoms. The summed E-state index contributed by atoms with van der Waals surface area (Å²) in [6.45, 7) is 6.75. The lowest BCUT2D eigenvalue weighted by Gasteiger charge is -2.14. The van der Waals surface area contributed by atoms with Crippen molar-refractivity contribution in [2.24, 2.45) is 0 Å². The van der Waals surface area contributed by atoms with E-state index in [2.05, 4.69) is 66.6 Å². The zero-order valence-corrected chi connectivity index (χ0v) is 15.3. The summed E-state index contributed by atoms with van der Waals surface area (Å²) < 4.78 is 5.97. The molecule has 1 aromatic heterocycles. The van der Waals surface area contributed by atoms with Crippen molar-refractivity contribution in [2.45, 2.75) is 27.4 Å². The van der Waals surface area contributed by atoms with Crippen LogP contribution in [0.3, 0.4) is 0 Å². The lowest BCUT2D eigenvalue weighted by Crippen LogP contribution is -2.04. The Labute approximate surface area is 149 Å². The summed E-state index contributed by atoms with van der Waals surface area (Å²) in [7, 11) is 1.93. The van der Waals surface area contributed by atoms with Crippen molar-refractivity contribution in [1.29, 1.82) is 0 Å². The average molecular weight is 332 g/mol. The topological polar surface area (TPSA) is 34.1 Å².